The minimum atomic E-state index is -0.341. The van der Waals surface area contributed by atoms with E-state index in [-0.39, 0.29) is 18.3 Å². The molecule has 5 rings (SSSR count). The van der Waals surface area contributed by atoms with Crippen LogP contribution in [0.3, 0.4) is 0 Å². The maximum atomic E-state index is 13.5. The van der Waals surface area contributed by atoms with Gasteiger partial charge >= 0.3 is 0 Å². The number of benzene rings is 3. The molecule has 0 unspecified atom stereocenters. The van der Waals surface area contributed by atoms with Crippen LogP contribution in [-0.2, 0) is 6.54 Å². The molecule has 0 radical (unpaired) electrons. The Morgan fingerprint density at radius 2 is 1.71 bits per heavy atom. The van der Waals surface area contributed by atoms with Crippen LogP contribution in [0.15, 0.2) is 84.9 Å². The van der Waals surface area contributed by atoms with Gasteiger partial charge in [-0.25, -0.2) is 9.37 Å². The lowest BCUT2D eigenvalue weighted by Crippen LogP contribution is -2.23. The maximum Gasteiger partial charge on any atom is 0.252 e. The fraction of sp³-hybridized carbons (Fsp3) is 0.0741. The van der Waals surface area contributed by atoms with Crippen molar-refractivity contribution in [1.29, 1.82) is 0 Å². The number of H-pyrrole nitrogens is 1. The van der Waals surface area contributed by atoms with E-state index in [9.17, 15) is 9.18 Å². The normalized spacial score (nSPS) is 10.9. The molecule has 0 bridgehead atoms. The summed E-state index contributed by atoms with van der Waals surface area (Å²) in [5, 5.41) is 10.9. The highest BCUT2D eigenvalue weighted by Crippen LogP contribution is 2.31. The second-order valence-electron chi connectivity index (χ2n) is 7.72. The Hall–Kier alpha value is -4.52. The summed E-state index contributed by atoms with van der Waals surface area (Å²) in [6, 6.07) is 24.9. The van der Waals surface area contributed by atoms with Crippen molar-refractivity contribution in [2.24, 2.45) is 0 Å². The van der Waals surface area contributed by atoms with Gasteiger partial charge in [0.2, 0.25) is 0 Å². The molecule has 2 aromatic heterocycles. The van der Waals surface area contributed by atoms with E-state index in [1.807, 2.05) is 54.6 Å². The molecule has 7 heteroatoms. The summed E-state index contributed by atoms with van der Waals surface area (Å²) < 4.78 is 18.9. The van der Waals surface area contributed by atoms with Gasteiger partial charge in [-0.1, -0.05) is 48.5 Å². The Morgan fingerprint density at radius 1 is 0.971 bits per heavy atom. The number of carbonyl (C=O) groups is 1. The zero-order chi connectivity index (χ0) is 23.5. The number of halogens is 1. The highest BCUT2D eigenvalue weighted by atomic mass is 19.1. The first kappa shape index (κ1) is 21.3. The van der Waals surface area contributed by atoms with E-state index in [0.29, 0.717) is 39.3 Å². The smallest absolute Gasteiger partial charge is 0.252 e. The quantitative estimate of drug-likeness (QED) is 0.363. The van der Waals surface area contributed by atoms with Crippen LogP contribution in [0.5, 0.6) is 5.75 Å². The lowest BCUT2D eigenvalue weighted by atomic mass is 10.0. The third-order valence-electron chi connectivity index (χ3n) is 5.60. The predicted molar refractivity (Wildman–Crippen MR) is 129 cm³/mol. The van der Waals surface area contributed by atoms with Crippen molar-refractivity contribution < 1.29 is 13.9 Å². The van der Waals surface area contributed by atoms with Gasteiger partial charge in [-0.05, 0) is 36.4 Å². The van der Waals surface area contributed by atoms with Crippen LogP contribution in [0, 0.1) is 5.82 Å². The van der Waals surface area contributed by atoms with Gasteiger partial charge in [-0.15, -0.1) is 0 Å². The summed E-state index contributed by atoms with van der Waals surface area (Å²) in [7, 11) is 1.60. The molecule has 34 heavy (non-hydrogen) atoms. The zero-order valence-corrected chi connectivity index (χ0v) is 18.4. The maximum absolute atomic E-state index is 13.5. The molecule has 0 saturated carbocycles. The van der Waals surface area contributed by atoms with Crippen LogP contribution in [0.1, 0.15) is 15.9 Å². The standard InChI is InChI=1S/C27H21FN4O2/c1-34-23-10-6-5-9-19(23)16-29-27(33)21-15-22(17-7-3-2-4-8-17)30-26-24(21)25(31-32-26)18-11-13-20(28)14-12-18/h2-15H,16H2,1H3,(H,29,33)(H,30,31,32). The summed E-state index contributed by atoms with van der Waals surface area (Å²) in [6.07, 6.45) is 0. The van der Waals surface area contributed by atoms with Gasteiger partial charge in [-0.3, -0.25) is 9.89 Å². The number of nitrogens with one attached hydrogen (secondary N) is 2. The van der Waals surface area contributed by atoms with E-state index in [1.165, 1.54) is 12.1 Å². The molecule has 5 aromatic rings. The minimum Gasteiger partial charge on any atom is -0.496 e. The van der Waals surface area contributed by atoms with Crippen LogP contribution >= 0.6 is 0 Å². The number of hydrogen-bond donors (Lipinski definition) is 2. The van der Waals surface area contributed by atoms with Gasteiger partial charge < -0.3 is 10.1 Å². The number of nitrogens with zero attached hydrogens (tertiary/aromatic N) is 2. The van der Waals surface area contributed by atoms with Gasteiger partial charge in [0, 0.05) is 23.2 Å². The summed E-state index contributed by atoms with van der Waals surface area (Å²) in [4.78, 5) is 18.2. The Labute approximate surface area is 195 Å². The van der Waals surface area contributed by atoms with E-state index >= 15 is 0 Å². The summed E-state index contributed by atoms with van der Waals surface area (Å²) in [6.45, 7) is 0.289. The number of fused-ring (bicyclic) bond motifs is 1. The number of amides is 1. The molecule has 6 nitrogen and oxygen atoms in total. The monoisotopic (exact) mass is 452 g/mol. The fourth-order valence-corrected chi connectivity index (χ4v) is 3.90. The van der Waals surface area contributed by atoms with Gasteiger partial charge in [0.1, 0.15) is 11.6 Å². The second kappa shape index (κ2) is 9.15. The van der Waals surface area contributed by atoms with E-state index in [1.54, 1.807) is 25.3 Å². The molecule has 0 atom stereocenters. The Kier molecular flexibility index (Phi) is 5.74. The number of pyridine rings is 1. The third kappa shape index (κ3) is 4.11. The van der Waals surface area contributed by atoms with Gasteiger partial charge in [0.15, 0.2) is 5.65 Å². The number of ether oxygens (including phenoxy) is 1. The van der Waals surface area contributed by atoms with Crippen molar-refractivity contribution >= 4 is 16.9 Å². The summed E-state index contributed by atoms with van der Waals surface area (Å²) >= 11 is 0. The van der Waals surface area contributed by atoms with Crippen LogP contribution in [0.25, 0.3) is 33.5 Å². The predicted octanol–water partition coefficient (Wildman–Crippen LogP) is 5.37. The van der Waals surface area contributed by atoms with E-state index in [4.69, 9.17) is 4.74 Å². The molecule has 0 aliphatic rings. The molecule has 0 saturated heterocycles. The molecule has 168 valence electrons. The molecular weight excluding hydrogens is 431 g/mol. The SMILES string of the molecule is COc1ccccc1CNC(=O)c1cc(-c2ccccc2)nc2n[nH]c(-c3ccc(F)cc3)c12. The number of rotatable bonds is 6. The molecular formula is C27H21FN4O2. The second-order valence-corrected chi connectivity index (χ2v) is 7.72. The van der Waals surface area contributed by atoms with Crippen molar-refractivity contribution in [3.8, 4) is 28.3 Å². The first-order valence-electron chi connectivity index (χ1n) is 10.7. The molecule has 0 aliphatic carbocycles. The van der Waals surface area contributed by atoms with Crippen LogP contribution in [-0.4, -0.2) is 28.2 Å². The lowest BCUT2D eigenvalue weighted by Gasteiger charge is -2.12. The summed E-state index contributed by atoms with van der Waals surface area (Å²) in [5.41, 5.74) is 4.50. The number of hydrogen-bond acceptors (Lipinski definition) is 4. The fourth-order valence-electron chi connectivity index (χ4n) is 3.90. The third-order valence-corrected chi connectivity index (χ3v) is 5.60. The van der Waals surface area contributed by atoms with Gasteiger partial charge in [0.05, 0.1) is 29.4 Å². The van der Waals surface area contributed by atoms with Crippen molar-refractivity contribution in [3.05, 3.63) is 102 Å². The molecule has 0 aliphatic heterocycles. The number of aromatic amines is 1. The van der Waals surface area contributed by atoms with Gasteiger partial charge in [0.25, 0.3) is 5.91 Å². The Morgan fingerprint density at radius 3 is 2.47 bits per heavy atom. The largest absolute Gasteiger partial charge is 0.496 e. The van der Waals surface area contributed by atoms with Crippen LogP contribution < -0.4 is 10.1 Å². The number of methoxy groups -OCH3 is 1. The van der Waals surface area contributed by atoms with Crippen LogP contribution in [0.2, 0.25) is 0 Å². The molecule has 2 N–H and O–H groups in total. The van der Waals surface area contributed by atoms with Crippen molar-refractivity contribution in [2.45, 2.75) is 6.54 Å². The van der Waals surface area contributed by atoms with Crippen molar-refractivity contribution in [2.75, 3.05) is 7.11 Å². The lowest BCUT2D eigenvalue weighted by molar-refractivity contribution is 0.0952. The number of aromatic nitrogens is 3. The molecule has 1 amide bonds. The minimum absolute atomic E-state index is 0.278. The van der Waals surface area contributed by atoms with Crippen molar-refractivity contribution in [3.63, 3.8) is 0 Å². The molecule has 0 fully saturated rings. The first-order valence-corrected chi connectivity index (χ1v) is 10.7. The number of carbonyl (C=O) groups excluding carboxylic acids is 1. The first-order chi connectivity index (χ1) is 16.6. The van der Waals surface area contributed by atoms with Crippen molar-refractivity contribution in [1.82, 2.24) is 20.5 Å². The Balaban J connectivity index is 1.60. The van der Waals surface area contributed by atoms with Crippen LogP contribution in [0.4, 0.5) is 4.39 Å². The van der Waals surface area contributed by atoms with E-state index in [0.717, 1.165) is 11.1 Å². The highest BCUT2D eigenvalue weighted by molar-refractivity contribution is 6.10. The zero-order valence-electron chi connectivity index (χ0n) is 18.4. The average Bonchev–Trinajstić information content (AvgIpc) is 3.32. The molecule has 2 heterocycles. The van der Waals surface area contributed by atoms with E-state index < -0.39 is 0 Å². The highest BCUT2D eigenvalue weighted by Gasteiger charge is 2.20. The van der Waals surface area contributed by atoms with E-state index in [2.05, 4.69) is 20.5 Å². The topological polar surface area (TPSA) is 79.9 Å². The Bertz CT molecular complexity index is 1460. The number of para-hydroxylation sites is 1. The summed E-state index contributed by atoms with van der Waals surface area (Å²) in [5.74, 6) is 0.0787. The van der Waals surface area contributed by atoms with Gasteiger partial charge in [-0.2, -0.15) is 5.10 Å². The molecule has 3 aromatic carbocycles. The average molecular weight is 452 g/mol. The molecule has 0 spiro atoms.